The lowest BCUT2D eigenvalue weighted by Gasteiger charge is -2.05. The molecule has 15 heavy (non-hydrogen) atoms. The van der Waals surface area contributed by atoms with Crippen molar-refractivity contribution < 1.29 is 0 Å². The maximum atomic E-state index is 4.52. The zero-order chi connectivity index (χ0) is 11.3. The third kappa shape index (κ3) is 3.34. The number of hydrogen-bond donors (Lipinski definition) is 1. The fraction of sp³-hybridized carbons (Fsp3) is 0.750. The standard InChI is InChI=1S/C12H23N3/c1-5-13-8-6-7-9-15-12(4)10(2)11(3)14-15/h13H,5-9H2,1-4H3. The van der Waals surface area contributed by atoms with Crippen LogP contribution >= 0.6 is 0 Å². The molecule has 0 atom stereocenters. The molecule has 1 N–H and O–H groups in total. The van der Waals surface area contributed by atoms with Gasteiger partial charge in [0, 0.05) is 12.2 Å². The molecule has 3 nitrogen and oxygen atoms in total. The average molecular weight is 209 g/mol. The second kappa shape index (κ2) is 5.91. The summed E-state index contributed by atoms with van der Waals surface area (Å²) in [6, 6.07) is 0. The normalized spacial score (nSPS) is 10.9. The summed E-state index contributed by atoms with van der Waals surface area (Å²) >= 11 is 0. The summed E-state index contributed by atoms with van der Waals surface area (Å²) < 4.78 is 2.14. The van der Waals surface area contributed by atoms with Gasteiger partial charge in [-0.3, -0.25) is 4.68 Å². The third-order valence-electron chi connectivity index (χ3n) is 2.97. The summed E-state index contributed by atoms with van der Waals surface area (Å²) in [7, 11) is 0. The highest BCUT2D eigenvalue weighted by Crippen LogP contribution is 2.11. The van der Waals surface area contributed by atoms with Gasteiger partial charge in [-0.15, -0.1) is 0 Å². The first-order valence-corrected chi connectivity index (χ1v) is 5.88. The molecule has 0 spiro atoms. The van der Waals surface area contributed by atoms with Crippen LogP contribution in [0.1, 0.15) is 36.7 Å². The molecule has 0 fully saturated rings. The van der Waals surface area contributed by atoms with E-state index in [4.69, 9.17) is 0 Å². The van der Waals surface area contributed by atoms with Gasteiger partial charge >= 0.3 is 0 Å². The molecule has 1 aromatic heterocycles. The molecule has 0 aliphatic heterocycles. The van der Waals surface area contributed by atoms with E-state index < -0.39 is 0 Å². The van der Waals surface area contributed by atoms with Crippen LogP contribution in [-0.4, -0.2) is 22.9 Å². The maximum Gasteiger partial charge on any atom is 0.0625 e. The van der Waals surface area contributed by atoms with Crippen LogP contribution in [0.15, 0.2) is 0 Å². The Morgan fingerprint density at radius 1 is 1.20 bits per heavy atom. The van der Waals surface area contributed by atoms with E-state index in [1.54, 1.807) is 0 Å². The molecule has 0 saturated carbocycles. The maximum absolute atomic E-state index is 4.52. The van der Waals surface area contributed by atoms with E-state index in [-0.39, 0.29) is 0 Å². The number of nitrogens with one attached hydrogen (secondary N) is 1. The van der Waals surface area contributed by atoms with Crippen LogP contribution in [0.3, 0.4) is 0 Å². The highest BCUT2D eigenvalue weighted by molar-refractivity contribution is 5.21. The highest BCUT2D eigenvalue weighted by Gasteiger charge is 2.05. The molecule has 0 aliphatic carbocycles. The number of aromatic nitrogens is 2. The number of nitrogens with zero attached hydrogens (tertiary/aromatic N) is 2. The molecule has 0 bridgehead atoms. The van der Waals surface area contributed by atoms with Crippen molar-refractivity contribution in [2.75, 3.05) is 13.1 Å². The van der Waals surface area contributed by atoms with Crippen LogP contribution < -0.4 is 5.32 Å². The Labute approximate surface area is 92.9 Å². The van der Waals surface area contributed by atoms with Gasteiger partial charge in [0.2, 0.25) is 0 Å². The van der Waals surface area contributed by atoms with Gasteiger partial charge in [-0.1, -0.05) is 6.92 Å². The molecule has 0 aromatic carbocycles. The predicted molar refractivity (Wildman–Crippen MR) is 64.2 cm³/mol. The minimum Gasteiger partial charge on any atom is -0.317 e. The second-order valence-corrected chi connectivity index (χ2v) is 4.08. The fourth-order valence-corrected chi connectivity index (χ4v) is 1.69. The lowest BCUT2D eigenvalue weighted by molar-refractivity contribution is 0.528. The van der Waals surface area contributed by atoms with Crippen LogP contribution in [0.5, 0.6) is 0 Å². The SMILES string of the molecule is CCNCCCCn1nc(C)c(C)c1C. The number of rotatable bonds is 6. The van der Waals surface area contributed by atoms with Gasteiger partial charge in [0.1, 0.15) is 0 Å². The van der Waals surface area contributed by atoms with E-state index in [9.17, 15) is 0 Å². The first-order valence-electron chi connectivity index (χ1n) is 5.88. The van der Waals surface area contributed by atoms with Gasteiger partial charge in [-0.05, 0) is 52.3 Å². The molecular formula is C12H23N3. The Balaban J connectivity index is 2.34. The largest absolute Gasteiger partial charge is 0.317 e. The van der Waals surface area contributed by atoms with Crippen molar-refractivity contribution in [3.05, 3.63) is 17.0 Å². The van der Waals surface area contributed by atoms with Gasteiger partial charge < -0.3 is 5.32 Å². The van der Waals surface area contributed by atoms with Crippen LogP contribution in [-0.2, 0) is 6.54 Å². The highest BCUT2D eigenvalue weighted by atomic mass is 15.3. The van der Waals surface area contributed by atoms with Crippen LogP contribution in [0, 0.1) is 20.8 Å². The summed E-state index contributed by atoms with van der Waals surface area (Å²) in [5.41, 5.74) is 3.82. The summed E-state index contributed by atoms with van der Waals surface area (Å²) in [5.74, 6) is 0. The Kier molecular flexibility index (Phi) is 4.82. The van der Waals surface area contributed by atoms with Crippen molar-refractivity contribution in [2.24, 2.45) is 0 Å². The molecule has 1 rings (SSSR count). The molecular weight excluding hydrogens is 186 g/mol. The smallest absolute Gasteiger partial charge is 0.0625 e. The first-order chi connectivity index (χ1) is 7.16. The van der Waals surface area contributed by atoms with Crippen LogP contribution in [0.2, 0.25) is 0 Å². The summed E-state index contributed by atoms with van der Waals surface area (Å²) in [6.07, 6.45) is 2.43. The van der Waals surface area contributed by atoms with E-state index in [1.165, 1.54) is 29.8 Å². The summed E-state index contributed by atoms with van der Waals surface area (Å²) in [5, 5.41) is 7.86. The van der Waals surface area contributed by atoms with Crippen molar-refractivity contribution in [1.82, 2.24) is 15.1 Å². The lowest BCUT2D eigenvalue weighted by Crippen LogP contribution is -2.14. The van der Waals surface area contributed by atoms with Crippen LogP contribution in [0.4, 0.5) is 0 Å². The summed E-state index contributed by atoms with van der Waals surface area (Å²) in [6.45, 7) is 11.8. The van der Waals surface area contributed by atoms with Gasteiger partial charge in [0.05, 0.1) is 5.69 Å². The fourth-order valence-electron chi connectivity index (χ4n) is 1.69. The third-order valence-corrected chi connectivity index (χ3v) is 2.97. The zero-order valence-electron chi connectivity index (χ0n) is 10.4. The van der Waals surface area contributed by atoms with E-state index in [1.807, 2.05) is 0 Å². The molecule has 86 valence electrons. The molecule has 0 aliphatic rings. The second-order valence-electron chi connectivity index (χ2n) is 4.08. The minimum absolute atomic E-state index is 1.05. The van der Waals surface area contributed by atoms with Gasteiger partial charge in [-0.2, -0.15) is 5.10 Å². The van der Waals surface area contributed by atoms with Crippen LogP contribution in [0.25, 0.3) is 0 Å². The molecule has 0 saturated heterocycles. The minimum atomic E-state index is 1.05. The quantitative estimate of drug-likeness (QED) is 0.728. The van der Waals surface area contributed by atoms with Crippen molar-refractivity contribution in [1.29, 1.82) is 0 Å². The molecule has 0 unspecified atom stereocenters. The predicted octanol–water partition coefficient (Wildman–Crippen LogP) is 2.20. The van der Waals surface area contributed by atoms with E-state index >= 15 is 0 Å². The van der Waals surface area contributed by atoms with E-state index in [0.717, 1.165) is 19.6 Å². The topological polar surface area (TPSA) is 29.9 Å². The molecule has 1 heterocycles. The Bertz CT molecular complexity index is 302. The molecule has 0 amide bonds. The van der Waals surface area contributed by atoms with Gasteiger partial charge in [0.15, 0.2) is 0 Å². The van der Waals surface area contributed by atoms with Crippen molar-refractivity contribution in [3.8, 4) is 0 Å². The lowest BCUT2D eigenvalue weighted by atomic mass is 10.2. The monoisotopic (exact) mass is 209 g/mol. The molecule has 0 radical (unpaired) electrons. The summed E-state index contributed by atoms with van der Waals surface area (Å²) in [4.78, 5) is 0. The van der Waals surface area contributed by atoms with Crippen molar-refractivity contribution >= 4 is 0 Å². The van der Waals surface area contributed by atoms with E-state index in [2.05, 4.69) is 42.8 Å². The number of hydrogen-bond acceptors (Lipinski definition) is 2. The zero-order valence-corrected chi connectivity index (χ0v) is 10.4. The Morgan fingerprint density at radius 3 is 2.47 bits per heavy atom. The number of aryl methyl sites for hydroxylation is 2. The number of unbranched alkanes of at least 4 members (excludes halogenated alkanes) is 1. The Hall–Kier alpha value is -0.830. The average Bonchev–Trinajstić information content (AvgIpc) is 2.46. The van der Waals surface area contributed by atoms with E-state index in [0.29, 0.717) is 0 Å². The van der Waals surface area contributed by atoms with Crippen molar-refractivity contribution in [3.63, 3.8) is 0 Å². The van der Waals surface area contributed by atoms with Gasteiger partial charge in [0.25, 0.3) is 0 Å². The molecule has 3 heteroatoms. The van der Waals surface area contributed by atoms with Crippen molar-refractivity contribution in [2.45, 2.75) is 47.1 Å². The molecule has 1 aromatic rings. The van der Waals surface area contributed by atoms with Gasteiger partial charge in [-0.25, -0.2) is 0 Å². The Morgan fingerprint density at radius 2 is 1.93 bits per heavy atom. The first kappa shape index (κ1) is 12.2.